The first-order chi connectivity index (χ1) is 21.9. The van der Waals surface area contributed by atoms with Crippen LogP contribution in [0, 0.1) is 0 Å². The van der Waals surface area contributed by atoms with E-state index in [1.807, 2.05) is 42.5 Å². The summed E-state index contributed by atoms with van der Waals surface area (Å²) in [6.07, 6.45) is 10.2. The molecule has 1 N–H and O–H groups in total. The smallest absolute Gasteiger partial charge is 0.412 e. The molecule has 6 heteroatoms. The van der Waals surface area contributed by atoms with E-state index < -0.39 is 5.60 Å². The van der Waals surface area contributed by atoms with Crippen LogP contribution in [0.2, 0.25) is 0 Å². The quantitative estimate of drug-likeness (QED) is 0.154. The average Bonchev–Trinajstić information content (AvgIpc) is 3.05. The topological polar surface area (TPSA) is 54.0 Å². The summed E-state index contributed by atoms with van der Waals surface area (Å²) >= 11 is 0. The number of methoxy groups -OCH3 is 1. The average molecular weight is 614 g/mol. The Labute approximate surface area is 272 Å². The molecule has 1 aliphatic heterocycles. The van der Waals surface area contributed by atoms with Crippen molar-refractivity contribution in [3.63, 3.8) is 0 Å². The van der Waals surface area contributed by atoms with Crippen LogP contribution in [0.4, 0.5) is 10.5 Å². The Morgan fingerprint density at radius 1 is 0.889 bits per heavy atom. The Morgan fingerprint density at radius 2 is 1.53 bits per heavy atom. The van der Waals surface area contributed by atoms with Gasteiger partial charge in [0.2, 0.25) is 0 Å². The highest BCUT2D eigenvalue weighted by atomic mass is 16.6. The molecule has 6 nitrogen and oxygen atoms in total. The molecule has 0 radical (unpaired) electrons. The van der Waals surface area contributed by atoms with Crippen molar-refractivity contribution in [2.75, 3.05) is 45.2 Å². The third kappa shape index (κ3) is 11.2. The summed E-state index contributed by atoms with van der Waals surface area (Å²) in [5.41, 5.74) is 3.78. The Balaban J connectivity index is 1.06. The zero-order chi connectivity index (χ0) is 31.9. The SMILES string of the molecule is CCN(CCCCCCCCN1CCC(C)(OC(=O)Nc2ccccc2-c2ccccc2)CC1)C(C)Cc1ccc(OC)cc1. The number of nitrogens with zero attached hydrogens (tertiary/aromatic N) is 2. The highest BCUT2D eigenvalue weighted by molar-refractivity contribution is 5.91. The van der Waals surface area contributed by atoms with E-state index >= 15 is 0 Å². The first-order valence-electron chi connectivity index (χ1n) is 17.1. The minimum atomic E-state index is -0.430. The number of amides is 1. The number of carbonyl (C=O) groups excluding carboxylic acids is 1. The van der Waals surface area contributed by atoms with Gasteiger partial charge in [-0.05, 0) is 94.9 Å². The van der Waals surface area contributed by atoms with Crippen LogP contribution in [0.5, 0.6) is 5.75 Å². The maximum Gasteiger partial charge on any atom is 0.412 e. The van der Waals surface area contributed by atoms with E-state index in [1.54, 1.807) is 7.11 Å². The van der Waals surface area contributed by atoms with E-state index in [2.05, 4.69) is 72.3 Å². The number of piperidine rings is 1. The lowest BCUT2D eigenvalue weighted by molar-refractivity contribution is -0.0163. The molecule has 0 aromatic heterocycles. The van der Waals surface area contributed by atoms with Crippen molar-refractivity contribution in [1.29, 1.82) is 0 Å². The van der Waals surface area contributed by atoms with E-state index in [1.165, 1.54) is 50.6 Å². The maximum atomic E-state index is 12.9. The number of nitrogens with one attached hydrogen (secondary N) is 1. The lowest BCUT2D eigenvalue weighted by Crippen LogP contribution is -2.46. The van der Waals surface area contributed by atoms with Gasteiger partial charge >= 0.3 is 6.09 Å². The van der Waals surface area contributed by atoms with E-state index in [9.17, 15) is 4.79 Å². The Bertz CT molecular complexity index is 1270. The first-order valence-corrected chi connectivity index (χ1v) is 17.1. The second-order valence-electron chi connectivity index (χ2n) is 12.9. The van der Waals surface area contributed by atoms with E-state index in [0.717, 1.165) is 68.0 Å². The molecule has 0 aliphatic carbocycles. The number of likely N-dealkylation sites (tertiary alicyclic amines) is 1. The molecule has 3 aromatic carbocycles. The number of hydrogen-bond donors (Lipinski definition) is 1. The summed E-state index contributed by atoms with van der Waals surface area (Å²) in [5, 5.41) is 3.00. The number of hydrogen-bond acceptors (Lipinski definition) is 5. The largest absolute Gasteiger partial charge is 0.497 e. The van der Waals surface area contributed by atoms with Gasteiger partial charge in [-0.2, -0.15) is 0 Å². The molecule has 0 saturated carbocycles. The predicted octanol–water partition coefficient (Wildman–Crippen LogP) is 9.06. The van der Waals surface area contributed by atoms with Crippen molar-refractivity contribution >= 4 is 11.8 Å². The van der Waals surface area contributed by atoms with Crippen LogP contribution in [0.1, 0.15) is 77.7 Å². The zero-order valence-electron chi connectivity index (χ0n) is 28.1. The molecule has 1 saturated heterocycles. The van der Waals surface area contributed by atoms with Crippen molar-refractivity contribution in [1.82, 2.24) is 9.80 Å². The molecule has 1 atom stereocenters. The van der Waals surface area contributed by atoms with Crippen molar-refractivity contribution in [3.05, 3.63) is 84.4 Å². The van der Waals surface area contributed by atoms with Gasteiger partial charge in [-0.15, -0.1) is 0 Å². The van der Waals surface area contributed by atoms with Crippen molar-refractivity contribution in [2.24, 2.45) is 0 Å². The van der Waals surface area contributed by atoms with Gasteiger partial charge in [0.15, 0.2) is 0 Å². The normalized spacial score (nSPS) is 15.5. The molecule has 4 rings (SSSR count). The van der Waals surface area contributed by atoms with Gasteiger partial charge < -0.3 is 19.3 Å². The fourth-order valence-electron chi connectivity index (χ4n) is 6.45. The van der Waals surface area contributed by atoms with Gasteiger partial charge in [0.05, 0.1) is 12.8 Å². The second kappa shape index (κ2) is 18.0. The Morgan fingerprint density at radius 3 is 2.22 bits per heavy atom. The number of rotatable bonds is 17. The van der Waals surface area contributed by atoms with Crippen LogP contribution in [0.25, 0.3) is 11.1 Å². The Hall–Kier alpha value is -3.35. The molecule has 0 spiro atoms. The summed E-state index contributed by atoms with van der Waals surface area (Å²) < 4.78 is 11.3. The second-order valence-corrected chi connectivity index (χ2v) is 12.9. The van der Waals surface area contributed by atoms with Crippen molar-refractivity contribution in [2.45, 2.75) is 90.2 Å². The van der Waals surface area contributed by atoms with Gasteiger partial charge in [-0.25, -0.2) is 4.79 Å². The standard InChI is InChI=1S/C39H55N3O3/c1-5-42(32(2)31-33-21-23-35(44-4)24-22-33)28-16-9-7-6-8-15-27-41-29-25-39(3,26-30-41)45-38(43)40-37-20-14-13-19-36(37)34-17-11-10-12-18-34/h10-14,17-24,32H,5-9,15-16,25-31H2,1-4H3,(H,40,43). The van der Waals surface area contributed by atoms with E-state index in [0.29, 0.717) is 6.04 Å². The number of anilines is 1. The van der Waals surface area contributed by atoms with Gasteiger partial charge in [-0.1, -0.05) is 93.3 Å². The molecule has 1 fully saturated rings. The fraction of sp³-hybridized carbons (Fsp3) is 0.513. The number of ether oxygens (including phenoxy) is 2. The molecule has 45 heavy (non-hydrogen) atoms. The summed E-state index contributed by atoms with van der Waals surface area (Å²) in [6.45, 7) is 12.1. The molecule has 1 unspecified atom stereocenters. The molecule has 3 aromatic rings. The monoisotopic (exact) mass is 613 g/mol. The summed E-state index contributed by atoms with van der Waals surface area (Å²) in [6, 6.07) is 27.0. The van der Waals surface area contributed by atoms with Crippen LogP contribution < -0.4 is 10.1 Å². The third-order valence-corrected chi connectivity index (χ3v) is 9.39. The van der Waals surface area contributed by atoms with Crippen LogP contribution in [-0.4, -0.2) is 67.4 Å². The fourth-order valence-corrected chi connectivity index (χ4v) is 6.45. The molecule has 1 amide bonds. The predicted molar refractivity (Wildman–Crippen MR) is 187 cm³/mol. The van der Waals surface area contributed by atoms with Gasteiger partial charge in [0, 0.05) is 24.7 Å². The number of para-hydroxylation sites is 1. The minimum absolute atomic E-state index is 0.372. The molecule has 1 aliphatic rings. The van der Waals surface area contributed by atoms with Crippen LogP contribution in [-0.2, 0) is 11.2 Å². The van der Waals surface area contributed by atoms with Gasteiger partial charge in [0.25, 0.3) is 0 Å². The number of benzene rings is 3. The summed E-state index contributed by atoms with van der Waals surface area (Å²) in [4.78, 5) is 18.1. The first kappa shape index (κ1) is 34.5. The van der Waals surface area contributed by atoms with Crippen molar-refractivity contribution in [3.8, 4) is 16.9 Å². The van der Waals surface area contributed by atoms with Gasteiger partial charge in [0.1, 0.15) is 11.4 Å². The molecule has 244 valence electrons. The number of unbranched alkanes of at least 4 members (excludes halogenated alkanes) is 5. The summed E-state index contributed by atoms with van der Waals surface area (Å²) in [7, 11) is 1.72. The van der Waals surface area contributed by atoms with E-state index in [-0.39, 0.29) is 6.09 Å². The van der Waals surface area contributed by atoms with Crippen molar-refractivity contribution < 1.29 is 14.3 Å². The highest BCUT2D eigenvalue weighted by Crippen LogP contribution is 2.30. The van der Waals surface area contributed by atoms with Gasteiger partial charge in [-0.3, -0.25) is 5.32 Å². The highest BCUT2D eigenvalue weighted by Gasteiger charge is 2.33. The lowest BCUT2D eigenvalue weighted by atomic mass is 9.93. The number of carbonyl (C=O) groups is 1. The third-order valence-electron chi connectivity index (χ3n) is 9.39. The molecular formula is C39H55N3O3. The van der Waals surface area contributed by atoms with Crippen LogP contribution in [0.3, 0.4) is 0 Å². The maximum absolute atomic E-state index is 12.9. The van der Waals surface area contributed by atoms with Crippen LogP contribution >= 0.6 is 0 Å². The molecule has 0 bridgehead atoms. The lowest BCUT2D eigenvalue weighted by Gasteiger charge is -2.38. The zero-order valence-corrected chi connectivity index (χ0v) is 28.1. The van der Waals surface area contributed by atoms with E-state index in [4.69, 9.17) is 9.47 Å². The number of likely N-dealkylation sites (N-methyl/N-ethyl adjacent to an activating group) is 1. The van der Waals surface area contributed by atoms with Crippen LogP contribution in [0.15, 0.2) is 78.9 Å². The summed E-state index contributed by atoms with van der Waals surface area (Å²) in [5.74, 6) is 0.922. The Kier molecular flexibility index (Phi) is 13.8. The molecule has 1 heterocycles. The molecular weight excluding hydrogens is 558 g/mol. The minimum Gasteiger partial charge on any atom is -0.497 e.